The Hall–Kier alpha value is -1.50. The van der Waals surface area contributed by atoms with Crippen LogP contribution in [-0.2, 0) is 52.1 Å². The van der Waals surface area contributed by atoms with Crippen LogP contribution in [0.1, 0.15) is 20.3 Å². The van der Waals surface area contributed by atoms with Crippen molar-refractivity contribution < 1.29 is 129 Å². The van der Waals surface area contributed by atoms with E-state index >= 15 is 0 Å². The molecule has 5 saturated heterocycles. The molecule has 0 radical (unpaired) electrons. The molecule has 5 fully saturated rings. The van der Waals surface area contributed by atoms with Crippen LogP contribution in [0.2, 0.25) is 0 Å². The van der Waals surface area contributed by atoms with Crippen molar-refractivity contribution in [2.75, 3.05) is 33.0 Å². The number of nitrogens with two attached hydrogens (primary N) is 1. The minimum Gasteiger partial charge on any atom is -0.493 e. The monoisotopic (exact) mass is 937 g/mol. The summed E-state index contributed by atoms with van der Waals surface area (Å²) in [5.41, 5.74) is 6.37. The maximum atomic E-state index is 11.8. The van der Waals surface area contributed by atoms with Gasteiger partial charge in [-0.05, 0) is 13.0 Å². The van der Waals surface area contributed by atoms with Gasteiger partial charge < -0.3 is 134 Å². The summed E-state index contributed by atoms with van der Waals surface area (Å²) in [5.74, 6) is -3.02. The molecular weight excluding hydrogens is 874 g/mol. The molecule has 0 aromatic heterocycles. The average Bonchev–Trinajstić information content (AvgIpc) is 3.27. The van der Waals surface area contributed by atoms with Crippen LogP contribution in [0.5, 0.6) is 0 Å². The van der Waals surface area contributed by atoms with Crippen molar-refractivity contribution in [1.82, 2.24) is 0 Å². The Balaban J connectivity index is 1.14. The van der Waals surface area contributed by atoms with E-state index in [0.29, 0.717) is 0 Å². The summed E-state index contributed by atoms with van der Waals surface area (Å²) in [4.78, 5) is 0. The van der Waals surface area contributed by atoms with Gasteiger partial charge in [0, 0.05) is 12.3 Å². The molecule has 6 aliphatic heterocycles. The molecule has 6 aliphatic rings. The first kappa shape index (κ1) is 51.9. The summed E-state index contributed by atoms with van der Waals surface area (Å²) in [7, 11) is 0. The minimum atomic E-state index is -2.68. The Morgan fingerprint density at radius 3 is 1.66 bits per heavy atom. The maximum Gasteiger partial charge on any atom is 0.199 e. The van der Waals surface area contributed by atoms with Crippen molar-refractivity contribution in [1.29, 1.82) is 0 Å². The Morgan fingerprint density at radius 1 is 0.500 bits per heavy atom. The summed E-state index contributed by atoms with van der Waals surface area (Å²) >= 11 is 0. The standard InChI is InChI=1S/C37H63NO26/c1-11-3-4-54-16(8-41)28(11)60-34-26(51)24(49)29(17(9-42)58-34)61-35-27(52)30(21(46)15(7-40)56-35)62-32-13(38)5-37(53,18(10-43)59-32)64-36-31(23(48)20(45)14(6-39)57-36)63-33-25(50)22(47)19(44)12(2)55-33/h3-4,11-36,39-53H,5-10,38H2,1-2H3/t11?,12?,13?,14?,15?,16?,17?,18?,19-,20-,21-,22?,23?,24?,25?,26?,27?,28+,29-,30?,31?,32?,33-,34-,35-,36-,37-/m0/s1. The van der Waals surface area contributed by atoms with Crippen molar-refractivity contribution in [3.63, 3.8) is 0 Å². The van der Waals surface area contributed by atoms with Crippen molar-refractivity contribution in [3.05, 3.63) is 12.3 Å². The van der Waals surface area contributed by atoms with Gasteiger partial charge >= 0.3 is 0 Å². The Morgan fingerprint density at radius 2 is 1.02 bits per heavy atom. The quantitative estimate of drug-likeness (QED) is 0.0678. The van der Waals surface area contributed by atoms with Crippen LogP contribution in [0.3, 0.4) is 0 Å². The summed E-state index contributed by atoms with van der Waals surface area (Å²) < 4.78 is 62.6. The second-order valence-electron chi connectivity index (χ2n) is 16.8. The second-order valence-corrected chi connectivity index (χ2v) is 16.8. The number of hydrogen-bond donors (Lipinski definition) is 16. The minimum absolute atomic E-state index is 0.336. The fourth-order valence-corrected chi connectivity index (χ4v) is 8.43. The molecule has 0 aliphatic carbocycles. The summed E-state index contributed by atoms with van der Waals surface area (Å²) in [6.45, 7) is -1.03. The number of rotatable bonds is 15. The van der Waals surface area contributed by atoms with E-state index in [1.165, 1.54) is 13.2 Å². The molecule has 0 aromatic rings. The number of hydrogen-bond acceptors (Lipinski definition) is 27. The third kappa shape index (κ3) is 10.5. The van der Waals surface area contributed by atoms with Crippen molar-refractivity contribution in [2.24, 2.45) is 11.7 Å². The largest absolute Gasteiger partial charge is 0.493 e. The zero-order valence-electron chi connectivity index (χ0n) is 34.7. The molecule has 6 rings (SSSR count). The first-order valence-corrected chi connectivity index (χ1v) is 20.9. The predicted molar refractivity (Wildman–Crippen MR) is 200 cm³/mol. The Labute approximate surface area is 365 Å². The fourth-order valence-electron chi connectivity index (χ4n) is 8.43. The van der Waals surface area contributed by atoms with Crippen LogP contribution < -0.4 is 5.73 Å². The molecule has 0 amide bonds. The second kappa shape index (κ2) is 21.9. The van der Waals surface area contributed by atoms with E-state index in [4.69, 9.17) is 57.8 Å². The highest BCUT2D eigenvalue weighted by atomic mass is 16.8. The van der Waals surface area contributed by atoms with Gasteiger partial charge in [-0.3, -0.25) is 0 Å². The third-order valence-electron chi connectivity index (χ3n) is 12.3. The smallest absolute Gasteiger partial charge is 0.199 e. The number of ether oxygens (including phenoxy) is 11. The Kier molecular flexibility index (Phi) is 17.7. The molecule has 372 valence electrons. The lowest BCUT2D eigenvalue weighted by Gasteiger charge is -2.51. The van der Waals surface area contributed by atoms with Crippen molar-refractivity contribution >= 4 is 0 Å². The number of aliphatic hydroxyl groups excluding tert-OH is 14. The van der Waals surface area contributed by atoms with E-state index in [1.54, 1.807) is 13.0 Å². The van der Waals surface area contributed by atoms with E-state index < -0.39 is 199 Å². The van der Waals surface area contributed by atoms with Gasteiger partial charge in [-0.2, -0.15) is 0 Å². The molecule has 27 heteroatoms. The molecule has 0 aromatic carbocycles. The Bertz CT molecular complexity index is 1490. The molecule has 27 nitrogen and oxygen atoms in total. The zero-order chi connectivity index (χ0) is 46.9. The highest BCUT2D eigenvalue weighted by Gasteiger charge is 2.58. The van der Waals surface area contributed by atoms with Gasteiger partial charge in [0.25, 0.3) is 0 Å². The van der Waals surface area contributed by atoms with E-state index in [2.05, 4.69) is 0 Å². The highest BCUT2D eigenvalue weighted by molar-refractivity contribution is 5.00. The molecule has 6 heterocycles. The normalized spacial score (nSPS) is 52.6. The number of aliphatic hydroxyl groups is 15. The molecule has 0 saturated carbocycles. The lowest BCUT2D eigenvalue weighted by Crippen LogP contribution is -2.69. The highest BCUT2D eigenvalue weighted by Crippen LogP contribution is 2.39. The van der Waals surface area contributed by atoms with Crippen LogP contribution >= 0.6 is 0 Å². The molecular formula is C37H63NO26. The molecule has 27 atom stereocenters. The topological polar surface area (TPSA) is 431 Å². The van der Waals surface area contributed by atoms with Crippen LogP contribution in [-0.4, -0.2) is 269 Å². The van der Waals surface area contributed by atoms with Gasteiger partial charge in [-0.25, -0.2) is 0 Å². The van der Waals surface area contributed by atoms with E-state index in [0.717, 1.165) is 0 Å². The first-order chi connectivity index (χ1) is 30.3. The van der Waals surface area contributed by atoms with Crippen molar-refractivity contribution in [2.45, 2.75) is 180 Å². The SMILES string of the molecule is CC1O[C@@H](OC2C(O)[C@@H](O)C(CO)O[C@H]2O[C@@]2(O)CC(N)C(OC3C(O)[C@H](O[C@H]4C(CO)O[C@@H](O[C@@H]5C(C)C=COC5CO)C(O)C4O)OC(CO)[C@@H]3O)OC2CO)C(O)C(O)[C@H]1O. The van der Waals surface area contributed by atoms with E-state index in [9.17, 15) is 76.6 Å². The lowest BCUT2D eigenvalue weighted by atomic mass is 9.94. The molecule has 64 heavy (non-hydrogen) atoms. The predicted octanol–water partition coefficient (Wildman–Crippen LogP) is -9.65. The lowest BCUT2D eigenvalue weighted by molar-refractivity contribution is -0.428. The maximum absolute atomic E-state index is 11.8. The summed E-state index contributed by atoms with van der Waals surface area (Å²) in [6.07, 6.45) is -37.8. The summed E-state index contributed by atoms with van der Waals surface area (Å²) in [6, 6.07) is -1.48. The van der Waals surface area contributed by atoms with Gasteiger partial charge in [-0.15, -0.1) is 0 Å². The van der Waals surface area contributed by atoms with Gasteiger partial charge in [0.2, 0.25) is 0 Å². The van der Waals surface area contributed by atoms with Gasteiger partial charge in [0.15, 0.2) is 37.2 Å². The first-order valence-electron chi connectivity index (χ1n) is 20.9. The van der Waals surface area contributed by atoms with Crippen LogP contribution in [0.25, 0.3) is 0 Å². The zero-order valence-corrected chi connectivity index (χ0v) is 34.7. The van der Waals surface area contributed by atoms with Crippen LogP contribution in [0.15, 0.2) is 12.3 Å². The van der Waals surface area contributed by atoms with Crippen LogP contribution in [0, 0.1) is 5.92 Å². The van der Waals surface area contributed by atoms with Crippen LogP contribution in [0.4, 0.5) is 0 Å². The average molecular weight is 938 g/mol. The third-order valence-corrected chi connectivity index (χ3v) is 12.3. The molecule has 0 spiro atoms. The molecule has 17 unspecified atom stereocenters. The molecule has 17 N–H and O–H groups in total. The van der Waals surface area contributed by atoms with E-state index in [1.807, 2.05) is 0 Å². The summed E-state index contributed by atoms with van der Waals surface area (Å²) in [5, 5.41) is 160. The van der Waals surface area contributed by atoms with Crippen molar-refractivity contribution in [3.8, 4) is 0 Å². The van der Waals surface area contributed by atoms with Gasteiger partial charge in [0.05, 0.1) is 51.4 Å². The van der Waals surface area contributed by atoms with Gasteiger partial charge in [0.1, 0.15) is 110 Å². The van der Waals surface area contributed by atoms with Gasteiger partial charge in [-0.1, -0.05) is 6.92 Å². The fraction of sp³-hybridized carbons (Fsp3) is 0.946. The van der Waals surface area contributed by atoms with E-state index in [-0.39, 0.29) is 5.92 Å². The molecule has 0 bridgehead atoms.